The van der Waals surface area contributed by atoms with Crippen LogP contribution in [0.3, 0.4) is 0 Å². The first-order valence-electron chi connectivity index (χ1n) is 10.6. The third-order valence-electron chi connectivity index (χ3n) is 5.12. The molecule has 0 atom stereocenters. The van der Waals surface area contributed by atoms with Gasteiger partial charge in [-0.2, -0.15) is 0 Å². The number of anilines is 2. The van der Waals surface area contributed by atoms with Crippen molar-refractivity contribution < 1.29 is 13.9 Å². The average molecular weight is 433 g/mol. The molecule has 0 aliphatic heterocycles. The summed E-state index contributed by atoms with van der Waals surface area (Å²) in [6.45, 7) is 2.80. The summed E-state index contributed by atoms with van der Waals surface area (Å²) < 4.78 is 18.9. The molecular formula is C27H29FN2O2. The van der Waals surface area contributed by atoms with Crippen molar-refractivity contribution in [3.05, 3.63) is 94.8 Å². The van der Waals surface area contributed by atoms with E-state index in [0.29, 0.717) is 16.9 Å². The Hall–Kier alpha value is -3.44. The predicted octanol–water partition coefficient (Wildman–Crippen LogP) is 5.95. The van der Waals surface area contributed by atoms with Gasteiger partial charge in [-0.25, -0.2) is 4.39 Å². The fraction of sp³-hybridized carbons (Fsp3) is 0.222. The molecule has 0 spiro atoms. The molecule has 0 aromatic heterocycles. The number of ether oxygens (including phenoxy) is 1. The number of hydrogen-bond donors (Lipinski definition) is 1. The first-order valence-corrected chi connectivity index (χ1v) is 10.6. The molecule has 5 heteroatoms. The van der Waals surface area contributed by atoms with Crippen LogP contribution in [0.2, 0.25) is 0 Å². The highest BCUT2D eigenvalue weighted by Crippen LogP contribution is 2.26. The highest BCUT2D eigenvalue weighted by molar-refractivity contribution is 6.11. The molecule has 3 aromatic rings. The molecule has 0 bridgehead atoms. The van der Waals surface area contributed by atoms with Crippen molar-refractivity contribution in [1.29, 1.82) is 0 Å². The molecule has 4 nitrogen and oxygen atoms in total. The normalized spacial score (nSPS) is 11.2. The van der Waals surface area contributed by atoms with Crippen LogP contribution in [0.5, 0.6) is 5.75 Å². The summed E-state index contributed by atoms with van der Waals surface area (Å²) in [7, 11) is 5.57. The van der Waals surface area contributed by atoms with Crippen LogP contribution in [0.4, 0.5) is 15.8 Å². The number of carbonyl (C=O) groups is 1. The third-order valence-corrected chi connectivity index (χ3v) is 5.12. The lowest BCUT2D eigenvalue weighted by molar-refractivity contribution is 0.103. The Balaban J connectivity index is 1.81. The van der Waals surface area contributed by atoms with Crippen molar-refractivity contribution in [2.75, 3.05) is 33.1 Å². The largest absolute Gasteiger partial charge is 0.496 e. The van der Waals surface area contributed by atoms with E-state index in [2.05, 4.69) is 16.3 Å². The topological polar surface area (TPSA) is 41.6 Å². The first kappa shape index (κ1) is 23.2. The maximum Gasteiger partial charge on any atom is 0.196 e. The van der Waals surface area contributed by atoms with Crippen LogP contribution in [0.1, 0.15) is 34.0 Å². The second-order valence-electron chi connectivity index (χ2n) is 7.81. The molecule has 0 saturated carbocycles. The first-order chi connectivity index (χ1) is 15.4. The molecule has 0 radical (unpaired) electrons. The minimum atomic E-state index is -0.249. The number of methoxy groups -OCH3 is 1. The molecule has 166 valence electrons. The van der Waals surface area contributed by atoms with E-state index in [-0.39, 0.29) is 11.6 Å². The predicted molar refractivity (Wildman–Crippen MR) is 130 cm³/mol. The Morgan fingerprint density at radius 2 is 1.81 bits per heavy atom. The molecule has 3 rings (SSSR count). The standard InChI is InChI=1S/C27H29FN2O2/c1-5-20-18-22(28)11-14-25(20)29-23-12-9-21(10-13-23)27(31)24-17-19(7-6-16-30(2)3)8-15-26(24)32-4/h6-15,17-18,29H,5,16H2,1-4H3/b7-6+. The van der Waals surface area contributed by atoms with E-state index in [1.165, 1.54) is 12.1 Å². The Morgan fingerprint density at radius 3 is 2.47 bits per heavy atom. The number of halogens is 1. The second-order valence-corrected chi connectivity index (χ2v) is 7.81. The van der Waals surface area contributed by atoms with E-state index >= 15 is 0 Å². The fourth-order valence-electron chi connectivity index (χ4n) is 3.40. The number of hydrogen-bond acceptors (Lipinski definition) is 4. The van der Waals surface area contributed by atoms with Crippen LogP contribution in [0, 0.1) is 5.82 Å². The van der Waals surface area contributed by atoms with Gasteiger partial charge in [-0.15, -0.1) is 0 Å². The molecule has 0 fully saturated rings. The number of ketones is 1. The molecule has 32 heavy (non-hydrogen) atoms. The zero-order valence-electron chi connectivity index (χ0n) is 19.0. The van der Waals surface area contributed by atoms with E-state index in [9.17, 15) is 9.18 Å². The van der Waals surface area contributed by atoms with Crippen LogP contribution >= 0.6 is 0 Å². The molecule has 0 amide bonds. The van der Waals surface area contributed by atoms with Crippen molar-refractivity contribution in [3.8, 4) is 5.75 Å². The summed E-state index contributed by atoms with van der Waals surface area (Å²) in [5, 5.41) is 3.30. The van der Waals surface area contributed by atoms with Crippen molar-refractivity contribution in [3.63, 3.8) is 0 Å². The molecule has 0 aliphatic carbocycles. The van der Waals surface area contributed by atoms with E-state index < -0.39 is 0 Å². The summed E-state index contributed by atoms with van der Waals surface area (Å²) in [6, 6.07) is 17.6. The smallest absolute Gasteiger partial charge is 0.196 e. The van der Waals surface area contributed by atoms with Gasteiger partial charge in [0.05, 0.1) is 12.7 Å². The minimum Gasteiger partial charge on any atom is -0.496 e. The van der Waals surface area contributed by atoms with Crippen LogP contribution in [-0.2, 0) is 6.42 Å². The van der Waals surface area contributed by atoms with Gasteiger partial charge in [-0.1, -0.05) is 25.1 Å². The summed E-state index contributed by atoms with van der Waals surface area (Å²) in [5.74, 6) is 0.189. The summed E-state index contributed by atoms with van der Waals surface area (Å²) in [4.78, 5) is 15.3. The van der Waals surface area contributed by atoms with Crippen LogP contribution in [0.25, 0.3) is 6.08 Å². The van der Waals surface area contributed by atoms with Gasteiger partial charge >= 0.3 is 0 Å². The average Bonchev–Trinajstić information content (AvgIpc) is 2.80. The van der Waals surface area contributed by atoms with Gasteiger partial charge in [0.1, 0.15) is 11.6 Å². The summed E-state index contributed by atoms with van der Waals surface area (Å²) in [5.41, 5.74) is 4.61. The number of benzene rings is 3. The van der Waals surface area contributed by atoms with Gasteiger partial charge < -0.3 is 15.0 Å². The molecule has 0 aliphatic rings. The molecule has 1 N–H and O–H groups in total. The fourth-order valence-corrected chi connectivity index (χ4v) is 3.40. The van der Waals surface area contributed by atoms with E-state index in [1.54, 1.807) is 25.3 Å². The van der Waals surface area contributed by atoms with Crippen molar-refractivity contribution in [2.45, 2.75) is 13.3 Å². The maximum absolute atomic E-state index is 13.5. The van der Waals surface area contributed by atoms with Crippen LogP contribution in [0.15, 0.2) is 66.7 Å². The second kappa shape index (κ2) is 10.7. The molecule has 0 unspecified atom stereocenters. The van der Waals surface area contributed by atoms with Gasteiger partial charge in [0.25, 0.3) is 0 Å². The van der Waals surface area contributed by atoms with Crippen LogP contribution < -0.4 is 10.1 Å². The van der Waals surface area contributed by atoms with Gasteiger partial charge in [0.15, 0.2) is 5.78 Å². The Kier molecular flexibility index (Phi) is 7.79. The van der Waals surface area contributed by atoms with Gasteiger partial charge in [-0.05, 0) is 86.2 Å². The van der Waals surface area contributed by atoms with Gasteiger partial charge in [-0.3, -0.25) is 4.79 Å². The number of carbonyl (C=O) groups excluding carboxylic acids is 1. The number of likely N-dealkylation sites (N-methyl/N-ethyl adjacent to an activating group) is 1. The van der Waals surface area contributed by atoms with Crippen molar-refractivity contribution in [2.24, 2.45) is 0 Å². The number of nitrogens with zero attached hydrogens (tertiary/aromatic N) is 1. The van der Waals surface area contributed by atoms with E-state index in [1.807, 2.05) is 57.4 Å². The zero-order chi connectivity index (χ0) is 23.1. The SMILES string of the molecule is CCc1cc(F)ccc1Nc1ccc(C(=O)c2cc(/C=C/CN(C)C)ccc2OC)cc1. The monoisotopic (exact) mass is 432 g/mol. The van der Waals surface area contributed by atoms with Gasteiger partial charge in [0.2, 0.25) is 0 Å². The quantitative estimate of drug-likeness (QED) is 0.425. The van der Waals surface area contributed by atoms with Crippen molar-refractivity contribution >= 4 is 23.2 Å². The Labute approximate surface area is 189 Å². The zero-order valence-corrected chi connectivity index (χ0v) is 19.0. The lowest BCUT2D eigenvalue weighted by atomic mass is 9.99. The summed E-state index contributed by atoms with van der Waals surface area (Å²) >= 11 is 0. The lowest BCUT2D eigenvalue weighted by Crippen LogP contribution is -2.10. The Bertz CT molecular complexity index is 1110. The van der Waals surface area contributed by atoms with E-state index in [0.717, 1.165) is 35.5 Å². The van der Waals surface area contributed by atoms with E-state index in [4.69, 9.17) is 4.74 Å². The van der Waals surface area contributed by atoms with Gasteiger partial charge in [0, 0.05) is 23.5 Å². The summed E-state index contributed by atoms with van der Waals surface area (Å²) in [6.07, 6.45) is 4.77. The molecular weight excluding hydrogens is 403 g/mol. The minimum absolute atomic E-state index is 0.104. The maximum atomic E-state index is 13.5. The van der Waals surface area contributed by atoms with Crippen molar-refractivity contribution in [1.82, 2.24) is 4.90 Å². The number of nitrogens with one attached hydrogen (secondary N) is 1. The Morgan fingerprint density at radius 1 is 1.06 bits per heavy atom. The van der Waals surface area contributed by atoms with Crippen LogP contribution in [-0.4, -0.2) is 38.4 Å². The highest BCUT2D eigenvalue weighted by atomic mass is 19.1. The highest BCUT2D eigenvalue weighted by Gasteiger charge is 2.15. The molecule has 3 aromatic carbocycles. The molecule has 0 heterocycles. The number of aryl methyl sites for hydroxylation is 1. The lowest BCUT2D eigenvalue weighted by Gasteiger charge is -2.12. The molecule has 0 saturated heterocycles. The third kappa shape index (κ3) is 5.83. The number of rotatable bonds is 9.